The standard InChI is InChI=1S/C17H26N2S/c1-3-11-20-12-10-19-14-17(18-13-16(19)4-2)15-8-6-5-7-9-15/h3,5-9,16-18H,1,4,10-14H2,2H3. The maximum Gasteiger partial charge on any atom is 0.0449 e. The molecule has 20 heavy (non-hydrogen) atoms. The summed E-state index contributed by atoms with van der Waals surface area (Å²) in [6.07, 6.45) is 3.22. The Bertz CT molecular complexity index is 393. The van der Waals surface area contributed by atoms with Gasteiger partial charge in [0.25, 0.3) is 0 Å². The summed E-state index contributed by atoms with van der Waals surface area (Å²) in [6, 6.07) is 12.0. The molecule has 2 nitrogen and oxygen atoms in total. The maximum atomic E-state index is 3.78. The molecule has 1 saturated heterocycles. The van der Waals surface area contributed by atoms with Gasteiger partial charge in [-0.1, -0.05) is 43.3 Å². The minimum atomic E-state index is 0.475. The van der Waals surface area contributed by atoms with E-state index in [0.717, 1.165) is 18.8 Å². The van der Waals surface area contributed by atoms with E-state index < -0.39 is 0 Å². The third kappa shape index (κ3) is 4.37. The van der Waals surface area contributed by atoms with Crippen molar-refractivity contribution >= 4 is 11.8 Å². The van der Waals surface area contributed by atoms with E-state index in [1.807, 2.05) is 17.8 Å². The van der Waals surface area contributed by atoms with Crippen LogP contribution in [0.2, 0.25) is 0 Å². The Balaban J connectivity index is 1.91. The fraction of sp³-hybridized carbons (Fsp3) is 0.529. The molecule has 0 radical (unpaired) electrons. The van der Waals surface area contributed by atoms with Gasteiger partial charge in [-0.25, -0.2) is 0 Å². The highest BCUT2D eigenvalue weighted by molar-refractivity contribution is 7.99. The van der Waals surface area contributed by atoms with E-state index >= 15 is 0 Å². The first-order valence-corrected chi connectivity index (χ1v) is 8.71. The molecule has 0 aromatic heterocycles. The highest BCUT2D eigenvalue weighted by Gasteiger charge is 2.26. The van der Waals surface area contributed by atoms with E-state index in [1.54, 1.807) is 0 Å². The Morgan fingerprint density at radius 2 is 2.20 bits per heavy atom. The van der Waals surface area contributed by atoms with Crippen LogP contribution in [0.3, 0.4) is 0 Å². The molecule has 2 unspecified atom stereocenters. The average molecular weight is 290 g/mol. The summed E-state index contributed by atoms with van der Waals surface area (Å²) in [7, 11) is 0. The van der Waals surface area contributed by atoms with Crippen LogP contribution in [0.5, 0.6) is 0 Å². The molecule has 0 amide bonds. The van der Waals surface area contributed by atoms with Crippen molar-refractivity contribution in [3.63, 3.8) is 0 Å². The highest BCUT2D eigenvalue weighted by Crippen LogP contribution is 2.21. The van der Waals surface area contributed by atoms with E-state index in [-0.39, 0.29) is 0 Å². The molecule has 1 aliphatic heterocycles. The van der Waals surface area contributed by atoms with E-state index in [4.69, 9.17) is 0 Å². The number of hydrogen-bond acceptors (Lipinski definition) is 3. The summed E-state index contributed by atoms with van der Waals surface area (Å²) in [4.78, 5) is 2.66. The molecule has 2 atom stereocenters. The van der Waals surface area contributed by atoms with Crippen molar-refractivity contribution in [1.82, 2.24) is 10.2 Å². The number of nitrogens with one attached hydrogen (secondary N) is 1. The molecule has 1 aliphatic rings. The average Bonchev–Trinajstić information content (AvgIpc) is 2.52. The molecular formula is C17H26N2S. The quantitative estimate of drug-likeness (QED) is 0.612. The summed E-state index contributed by atoms with van der Waals surface area (Å²) < 4.78 is 0. The van der Waals surface area contributed by atoms with Crippen molar-refractivity contribution in [2.24, 2.45) is 0 Å². The van der Waals surface area contributed by atoms with Crippen LogP contribution in [0.1, 0.15) is 24.9 Å². The van der Waals surface area contributed by atoms with Gasteiger partial charge < -0.3 is 5.32 Å². The lowest BCUT2D eigenvalue weighted by molar-refractivity contribution is 0.135. The van der Waals surface area contributed by atoms with Crippen LogP contribution in [0, 0.1) is 0 Å². The van der Waals surface area contributed by atoms with Crippen molar-refractivity contribution in [2.45, 2.75) is 25.4 Å². The number of thioether (sulfide) groups is 1. The third-order valence-electron chi connectivity index (χ3n) is 3.97. The summed E-state index contributed by atoms with van der Waals surface area (Å²) in [5, 5.41) is 3.70. The van der Waals surface area contributed by atoms with Gasteiger partial charge in [0.05, 0.1) is 0 Å². The molecule has 1 N–H and O–H groups in total. The van der Waals surface area contributed by atoms with Gasteiger partial charge in [0, 0.05) is 43.2 Å². The van der Waals surface area contributed by atoms with Crippen molar-refractivity contribution in [3.8, 4) is 0 Å². The molecule has 0 aliphatic carbocycles. The monoisotopic (exact) mass is 290 g/mol. The van der Waals surface area contributed by atoms with Gasteiger partial charge in [0.1, 0.15) is 0 Å². The van der Waals surface area contributed by atoms with Crippen LogP contribution in [0.15, 0.2) is 43.0 Å². The highest BCUT2D eigenvalue weighted by atomic mass is 32.2. The number of rotatable bonds is 7. The molecule has 0 spiro atoms. The molecule has 1 aromatic rings. The molecule has 110 valence electrons. The Hall–Kier alpha value is -0.770. The Kier molecular flexibility index (Phi) is 6.64. The lowest BCUT2D eigenvalue weighted by Gasteiger charge is -2.40. The van der Waals surface area contributed by atoms with Gasteiger partial charge in [-0.2, -0.15) is 11.8 Å². The molecule has 1 aromatic carbocycles. The first-order chi connectivity index (χ1) is 9.85. The third-order valence-corrected chi connectivity index (χ3v) is 4.91. The second kappa shape index (κ2) is 8.50. The molecule has 3 heteroatoms. The smallest absolute Gasteiger partial charge is 0.0449 e. The minimum absolute atomic E-state index is 0.475. The van der Waals surface area contributed by atoms with E-state index in [1.165, 1.54) is 24.3 Å². The van der Waals surface area contributed by atoms with Crippen LogP contribution in [0.25, 0.3) is 0 Å². The second-order valence-electron chi connectivity index (χ2n) is 5.29. The normalized spacial score (nSPS) is 23.6. The predicted molar refractivity (Wildman–Crippen MR) is 90.4 cm³/mol. The second-order valence-corrected chi connectivity index (χ2v) is 6.44. The minimum Gasteiger partial charge on any atom is -0.307 e. The zero-order valence-electron chi connectivity index (χ0n) is 12.4. The van der Waals surface area contributed by atoms with Gasteiger partial charge in [-0.15, -0.1) is 6.58 Å². The van der Waals surface area contributed by atoms with Crippen LogP contribution < -0.4 is 5.32 Å². The number of nitrogens with zero attached hydrogens (tertiary/aromatic N) is 1. The molecule has 1 fully saturated rings. The van der Waals surface area contributed by atoms with Crippen LogP contribution in [-0.4, -0.2) is 42.1 Å². The van der Waals surface area contributed by atoms with E-state index in [2.05, 4.69) is 54.1 Å². The van der Waals surface area contributed by atoms with E-state index in [0.29, 0.717) is 12.1 Å². The summed E-state index contributed by atoms with van der Waals surface area (Å²) in [5.41, 5.74) is 1.41. The SMILES string of the molecule is C=CCSCCN1CC(c2ccccc2)NCC1CC. The first-order valence-electron chi connectivity index (χ1n) is 7.56. The summed E-state index contributed by atoms with van der Waals surface area (Å²) in [6.45, 7) is 9.48. The fourth-order valence-electron chi connectivity index (χ4n) is 2.79. The number of benzene rings is 1. The topological polar surface area (TPSA) is 15.3 Å². The first kappa shape index (κ1) is 15.6. The Morgan fingerprint density at radius 1 is 1.40 bits per heavy atom. The molecule has 0 bridgehead atoms. The van der Waals surface area contributed by atoms with Crippen LogP contribution in [0.4, 0.5) is 0 Å². The Labute approximate surface area is 127 Å². The van der Waals surface area contributed by atoms with Gasteiger partial charge in [-0.05, 0) is 12.0 Å². The molecule has 1 heterocycles. The zero-order chi connectivity index (χ0) is 14.2. The van der Waals surface area contributed by atoms with Crippen LogP contribution >= 0.6 is 11.8 Å². The molecule has 2 rings (SSSR count). The van der Waals surface area contributed by atoms with Gasteiger partial charge in [0.15, 0.2) is 0 Å². The largest absolute Gasteiger partial charge is 0.307 e. The summed E-state index contributed by atoms with van der Waals surface area (Å²) >= 11 is 1.98. The van der Waals surface area contributed by atoms with Crippen molar-refractivity contribution < 1.29 is 0 Å². The maximum absolute atomic E-state index is 3.78. The Morgan fingerprint density at radius 3 is 2.90 bits per heavy atom. The predicted octanol–water partition coefficient (Wildman–Crippen LogP) is 3.33. The van der Waals surface area contributed by atoms with Gasteiger partial charge >= 0.3 is 0 Å². The number of hydrogen-bond donors (Lipinski definition) is 1. The summed E-state index contributed by atoms with van der Waals surface area (Å²) in [5.74, 6) is 2.26. The van der Waals surface area contributed by atoms with Crippen LogP contribution in [-0.2, 0) is 0 Å². The zero-order valence-corrected chi connectivity index (χ0v) is 13.2. The lowest BCUT2D eigenvalue weighted by Crippen LogP contribution is -2.53. The number of piperazine rings is 1. The lowest BCUT2D eigenvalue weighted by atomic mass is 10.0. The van der Waals surface area contributed by atoms with Crippen molar-refractivity contribution in [2.75, 3.05) is 31.1 Å². The van der Waals surface area contributed by atoms with Gasteiger partial charge in [0.2, 0.25) is 0 Å². The molecule has 0 saturated carbocycles. The molecular weight excluding hydrogens is 264 g/mol. The van der Waals surface area contributed by atoms with E-state index in [9.17, 15) is 0 Å². The van der Waals surface area contributed by atoms with Crippen molar-refractivity contribution in [3.05, 3.63) is 48.6 Å². The van der Waals surface area contributed by atoms with Gasteiger partial charge in [-0.3, -0.25) is 4.90 Å². The fourth-order valence-corrected chi connectivity index (χ4v) is 3.49. The van der Waals surface area contributed by atoms with Crippen molar-refractivity contribution in [1.29, 1.82) is 0 Å².